The van der Waals surface area contributed by atoms with Crippen molar-refractivity contribution in [3.05, 3.63) is 36.5 Å². The van der Waals surface area contributed by atoms with Crippen molar-refractivity contribution in [2.45, 2.75) is 256 Å². The van der Waals surface area contributed by atoms with E-state index in [1.807, 2.05) is 6.08 Å². The van der Waals surface area contributed by atoms with Crippen molar-refractivity contribution in [2.24, 2.45) is 0 Å². The Balaban J connectivity index is 2.40. The van der Waals surface area contributed by atoms with Gasteiger partial charge < -0.3 is 34.3 Å². The van der Waals surface area contributed by atoms with Gasteiger partial charge in [0.2, 0.25) is 0 Å². The SMILES string of the molecule is CCCCCCCC/C=C/CCCCCCCCCCCCCC(=O)O[C@H](COC(=O)/C=C/C=C/CCCCCCCCCCCCC)CO[C@H]1O[C@H](CS(=O)(=O)O)[C@@H](O)C(O)C1O. The molecular formula is C51H92O12S. The Morgan fingerprint density at radius 3 is 1.47 bits per heavy atom. The average Bonchev–Trinajstić information content (AvgIpc) is 3.26. The van der Waals surface area contributed by atoms with E-state index in [0.29, 0.717) is 6.42 Å². The minimum Gasteiger partial charge on any atom is -0.458 e. The molecule has 0 bridgehead atoms. The second-order valence-electron chi connectivity index (χ2n) is 17.9. The molecule has 374 valence electrons. The molecule has 6 atom stereocenters. The minimum atomic E-state index is -4.61. The van der Waals surface area contributed by atoms with Crippen LogP contribution in [0, 0.1) is 0 Å². The molecule has 1 rings (SSSR count). The van der Waals surface area contributed by atoms with Gasteiger partial charge in [-0.3, -0.25) is 9.35 Å². The molecule has 0 saturated carbocycles. The fraction of sp³-hybridized carbons (Fsp3) is 0.843. The number of hydrogen-bond donors (Lipinski definition) is 4. The van der Waals surface area contributed by atoms with Crippen molar-refractivity contribution in [1.82, 2.24) is 0 Å². The molecule has 0 aromatic rings. The first-order valence-electron chi connectivity index (χ1n) is 25.6. The van der Waals surface area contributed by atoms with E-state index in [-0.39, 0.29) is 13.0 Å². The summed E-state index contributed by atoms with van der Waals surface area (Å²) in [4.78, 5) is 25.4. The van der Waals surface area contributed by atoms with Gasteiger partial charge in [0, 0.05) is 12.5 Å². The number of unbranched alkanes of at least 4 members (excludes halogenated alkanes) is 28. The van der Waals surface area contributed by atoms with Gasteiger partial charge in [0.1, 0.15) is 36.8 Å². The summed E-state index contributed by atoms with van der Waals surface area (Å²) in [6, 6.07) is 0. The number of rotatable bonds is 43. The number of aliphatic hydroxyl groups is 3. The third-order valence-corrected chi connectivity index (χ3v) is 12.5. The van der Waals surface area contributed by atoms with Crippen LogP contribution >= 0.6 is 0 Å². The number of carbonyl (C=O) groups excluding carboxylic acids is 2. The van der Waals surface area contributed by atoms with Crippen LogP contribution in [0.5, 0.6) is 0 Å². The van der Waals surface area contributed by atoms with E-state index in [0.717, 1.165) is 32.1 Å². The highest BCUT2D eigenvalue weighted by Gasteiger charge is 2.46. The first-order valence-corrected chi connectivity index (χ1v) is 27.2. The zero-order valence-corrected chi connectivity index (χ0v) is 41.0. The first kappa shape index (κ1) is 59.9. The highest BCUT2D eigenvalue weighted by Crippen LogP contribution is 2.24. The normalized spacial score (nSPS) is 19.9. The van der Waals surface area contributed by atoms with Gasteiger partial charge in [0.25, 0.3) is 10.1 Å². The lowest BCUT2D eigenvalue weighted by atomic mass is 10.00. The number of hydrogen-bond acceptors (Lipinski definition) is 11. The van der Waals surface area contributed by atoms with E-state index in [2.05, 4.69) is 26.0 Å². The van der Waals surface area contributed by atoms with Crippen molar-refractivity contribution in [1.29, 1.82) is 0 Å². The molecule has 4 N–H and O–H groups in total. The van der Waals surface area contributed by atoms with E-state index in [1.54, 1.807) is 12.2 Å². The zero-order valence-electron chi connectivity index (χ0n) is 40.1. The maximum absolute atomic E-state index is 12.9. The first-order chi connectivity index (χ1) is 31.0. The molecule has 1 heterocycles. The molecule has 0 aromatic heterocycles. The largest absolute Gasteiger partial charge is 0.458 e. The predicted molar refractivity (Wildman–Crippen MR) is 256 cm³/mol. The maximum Gasteiger partial charge on any atom is 0.330 e. The Kier molecular flexibility index (Phi) is 38.4. The molecule has 64 heavy (non-hydrogen) atoms. The van der Waals surface area contributed by atoms with Gasteiger partial charge in [-0.15, -0.1) is 0 Å². The fourth-order valence-corrected chi connectivity index (χ4v) is 8.51. The standard InChI is InChI=1S/C51H92O12S/c1-3-5-7-9-11-13-15-17-19-20-21-22-23-24-26-28-30-32-34-36-38-40-47(53)62-44(42-61-51-50(56)49(55)48(54)45(63-51)43-64(57,58)59)41-60-46(52)39-37-35-33-31-29-27-25-18-16-14-12-10-8-6-4-2/h17,19,33,35,37,39,44-45,48-51,54-56H,3-16,18,20-32,34,36,38,40-43H2,1-2H3,(H,57,58,59)/b19-17+,35-33+,39-37+/t44-,45-,48-,49?,50?,51+/m1/s1. The van der Waals surface area contributed by atoms with E-state index in [1.165, 1.54) is 167 Å². The van der Waals surface area contributed by atoms with Crippen LogP contribution in [0.15, 0.2) is 36.5 Å². The minimum absolute atomic E-state index is 0.145. The molecular weight excluding hydrogens is 837 g/mol. The molecule has 1 fully saturated rings. The lowest BCUT2D eigenvalue weighted by Gasteiger charge is -2.40. The summed E-state index contributed by atoms with van der Waals surface area (Å²) in [6.07, 6.45) is 39.6. The quantitative estimate of drug-likeness (QED) is 0.0113. The summed E-state index contributed by atoms with van der Waals surface area (Å²) in [7, 11) is -4.61. The zero-order chi connectivity index (χ0) is 46.9. The van der Waals surface area contributed by atoms with Crippen molar-refractivity contribution >= 4 is 22.1 Å². The van der Waals surface area contributed by atoms with Crippen LogP contribution in [-0.4, -0.2) is 96.0 Å². The number of esters is 2. The third kappa shape index (κ3) is 35.1. The highest BCUT2D eigenvalue weighted by atomic mass is 32.2. The molecule has 1 aliphatic heterocycles. The number of ether oxygens (including phenoxy) is 4. The number of aliphatic hydroxyl groups excluding tert-OH is 3. The van der Waals surface area contributed by atoms with Gasteiger partial charge in [-0.25, -0.2) is 4.79 Å². The molecule has 12 nitrogen and oxygen atoms in total. The molecule has 0 amide bonds. The predicted octanol–water partition coefficient (Wildman–Crippen LogP) is 11.3. The lowest BCUT2D eigenvalue weighted by Crippen LogP contribution is -2.60. The van der Waals surface area contributed by atoms with Crippen molar-refractivity contribution in [3.8, 4) is 0 Å². The van der Waals surface area contributed by atoms with Gasteiger partial charge in [0.15, 0.2) is 12.4 Å². The van der Waals surface area contributed by atoms with Crippen LogP contribution in [0.2, 0.25) is 0 Å². The summed E-state index contributed by atoms with van der Waals surface area (Å²) in [5.74, 6) is -2.24. The summed E-state index contributed by atoms with van der Waals surface area (Å²) in [5.41, 5.74) is 0. The van der Waals surface area contributed by atoms with E-state index in [9.17, 15) is 37.9 Å². The van der Waals surface area contributed by atoms with Gasteiger partial charge >= 0.3 is 11.9 Å². The summed E-state index contributed by atoms with van der Waals surface area (Å²) in [5, 5.41) is 30.9. The fourth-order valence-electron chi connectivity index (χ4n) is 7.82. The van der Waals surface area contributed by atoms with Gasteiger partial charge in [0.05, 0.1) is 6.61 Å². The molecule has 2 unspecified atom stereocenters. The Bertz CT molecular complexity index is 1320. The Morgan fingerprint density at radius 1 is 0.562 bits per heavy atom. The monoisotopic (exact) mass is 929 g/mol. The van der Waals surface area contributed by atoms with Gasteiger partial charge in [-0.1, -0.05) is 198 Å². The van der Waals surface area contributed by atoms with Crippen LogP contribution < -0.4 is 0 Å². The van der Waals surface area contributed by atoms with Crippen LogP contribution in [0.4, 0.5) is 0 Å². The number of carbonyl (C=O) groups is 2. The molecule has 13 heteroatoms. The highest BCUT2D eigenvalue weighted by molar-refractivity contribution is 7.85. The van der Waals surface area contributed by atoms with Crippen LogP contribution in [-0.2, 0) is 38.7 Å². The summed E-state index contributed by atoms with van der Waals surface area (Å²) < 4.78 is 54.0. The maximum atomic E-state index is 12.9. The third-order valence-electron chi connectivity index (χ3n) is 11.8. The summed E-state index contributed by atoms with van der Waals surface area (Å²) >= 11 is 0. The molecule has 0 aromatic carbocycles. The van der Waals surface area contributed by atoms with Crippen LogP contribution in [0.25, 0.3) is 0 Å². The van der Waals surface area contributed by atoms with Crippen molar-refractivity contribution in [3.63, 3.8) is 0 Å². The Morgan fingerprint density at radius 2 is 1.00 bits per heavy atom. The van der Waals surface area contributed by atoms with Crippen LogP contribution in [0.3, 0.4) is 0 Å². The van der Waals surface area contributed by atoms with E-state index < -0.39 is 71.2 Å². The van der Waals surface area contributed by atoms with Gasteiger partial charge in [-0.05, 0) is 44.9 Å². The molecule has 0 radical (unpaired) electrons. The van der Waals surface area contributed by atoms with Crippen molar-refractivity contribution < 1.29 is 56.8 Å². The second-order valence-corrected chi connectivity index (χ2v) is 19.4. The lowest BCUT2D eigenvalue weighted by molar-refractivity contribution is -0.297. The average molecular weight is 929 g/mol. The Labute approximate surface area is 389 Å². The van der Waals surface area contributed by atoms with Crippen LogP contribution in [0.1, 0.15) is 219 Å². The molecule has 1 saturated heterocycles. The molecule has 0 aliphatic carbocycles. The summed E-state index contributed by atoms with van der Waals surface area (Å²) in [6.45, 7) is 3.67. The van der Waals surface area contributed by atoms with Gasteiger partial charge in [-0.2, -0.15) is 8.42 Å². The van der Waals surface area contributed by atoms with E-state index in [4.69, 9.17) is 18.9 Å². The van der Waals surface area contributed by atoms with E-state index >= 15 is 0 Å². The van der Waals surface area contributed by atoms with Crippen molar-refractivity contribution in [2.75, 3.05) is 19.0 Å². The smallest absolute Gasteiger partial charge is 0.330 e. The molecule has 1 aliphatic rings. The topological polar surface area (TPSA) is 186 Å². The number of allylic oxidation sites excluding steroid dienone is 5. The molecule has 0 spiro atoms. The Hall–Kier alpha value is -2.13. The second kappa shape index (κ2) is 41.1.